The summed E-state index contributed by atoms with van der Waals surface area (Å²) in [6.45, 7) is 1.75. The number of carboxylic acids is 1. The number of thioether (sulfide) groups is 1. The monoisotopic (exact) mass is 269 g/mol. The highest BCUT2D eigenvalue weighted by molar-refractivity contribution is 7.99. The van der Waals surface area contributed by atoms with Crippen LogP contribution in [0.25, 0.3) is 0 Å². The number of carbonyl (C=O) groups is 1. The third-order valence-corrected chi connectivity index (χ3v) is 4.21. The molecular formula is C11H15N3O3S. The fraction of sp³-hybridized carbons (Fsp3) is 0.545. The van der Waals surface area contributed by atoms with Crippen LogP contribution in [0.3, 0.4) is 0 Å². The van der Waals surface area contributed by atoms with Crippen molar-refractivity contribution in [2.75, 3.05) is 0 Å². The molecule has 1 aliphatic carbocycles. The number of nitrogens with one attached hydrogen (secondary N) is 1. The number of carboxylic acid groups (broad SMARTS) is 1. The minimum atomic E-state index is -1.14. The van der Waals surface area contributed by atoms with Gasteiger partial charge in [-0.3, -0.25) is 9.59 Å². The molecule has 2 unspecified atom stereocenters. The van der Waals surface area contributed by atoms with Gasteiger partial charge in [-0.25, -0.2) is 4.98 Å². The maximum atomic E-state index is 11.3. The van der Waals surface area contributed by atoms with E-state index in [2.05, 4.69) is 9.97 Å². The summed E-state index contributed by atoms with van der Waals surface area (Å²) in [5.74, 6) is -0.962. The lowest BCUT2D eigenvalue weighted by Crippen LogP contribution is -2.45. The highest BCUT2D eigenvalue weighted by Crippen LogP contribution is 2.37. The van der Waals surface area contributed by atoms with Gasteiger partial charge in [0.05, 0.1) is 0 Å². The van der Waals surface area contributed by atoms with Gasteiger partial charge in [0.1, 0.15) is 5.54 Å². The van der Waals surface area contributed by atoms with Crippen LogP contribution in [0.4, 0.5) is 0 Å². The normalized spacial score (nSPS) is 27.3. The maximum Gasteiger partial charge on any atom is 0.323 e. The number of aliphatic carboxylic acids is 1. The average molecular weight is 269 g/mol. The van der Waals surface area contributed by atoms with Crippen molar-refractivity contribution in [1.82, 2.24) is 9.97 Å². The van der Waals surface area contributed by atoms with Crippen molar-refractivity contribution in [1.29, 1.82) is 0 Å². The zero-order chi connectivity index (χ0) is 13.3. The van der Waals surface area contributed by atoms with Crippen LogP contribution < -0.4 is 11.3 Å². The van der Waals surface area contributed by atoms with Gasteiger partial charge < -0.3 is 15.8 Å². The van der Waals surface area contributed by atoms with Crippen LogP contribution >= 0.6 is 11.8 Å². The molecule has 4 N–H and O–H groups in total. The van der Waals surface area contributed by atoms with Gasteiger partial charge in [-0.15, -0.1) is 0 Å². The largest absolute Gasteiger partial charge is 0.480 e. The Kier molecular flexibility index (Phi) is 3.45. The topological polar surface area (TPSA) is 109 Å². The number of nitrogens with two attached hydrogens (primary N) is 1. The second-order valence-electron chi connectivity index (χ2n) is 4.64. The molecule has 18 heavy (non-hydrogen) atoms. The van der Waals surface area contributed by atoms with Crippen LogP contribution in [0, 0.1) is 6.92 Å². The van der Waals surface area contributed by atoms with Gasteiger partial charge in [-0.05, 0) is 26.2 Å². The van der Waals surface area contributed by atoms with Gasteiger partial charge in [-0.2, -0.15) is 0 Å². The minimum absolute atomic E-state index is 0.0797. The van der Waals surface area contributed by atoms with Crippen molar-refractivity contribution in [2.45, 2.75) is 42.1 Å². The summed E-state index contributed by atoms with van der Waals surface area (Å²) in [5, 5.41) is 9.64. The predicted octanol–water partition coefficient (Wildman–Crippen LogP) is 0.505. The van der Waals surface area contributed by atoms with Crippen molar-refractivity contribution in [3.05, 3.63) is 22.1 Å². The van der Waals surface area contributed by atoms with Gasteiger partial charge in [0.2, 0.25) is 0 Å². The van der Waals surface area contributed by atoms with Crippen LogP contribution in [0.1, 0.15) is 25.0 Å². The molecule has 1 fully saturated rings. The van der Waals surface area contributed by atoms with Gasteiger partial charge in [-0.1, -0.05) is 11.8 Å². The molecule has 1 aromatic rings. The molecule has 0 amide bonds. The number of rotatable bonds is 3. The molecule has 1 heterocycles. The predicted molar refractivity (Wildman–Crippen MR) is 67.6 cm³/mol. The molecule has 0 bridgehead atoms. The Morgan fingerprint density at radius 1 is 1.72 bits per heavy atom. The molecule has 1 saturated carbocycles. The van der Waals surface area contributed by atoms with Crippen LogP contribution in [-0.2, 0) is 4.79 Å². The third-order valence-electron chi connectivity index (χ3n) is 3.06. The van der Waals surface area contributed by atoms with Gasteiger partial charge >= 0.3 is 5.97 Å². The maximum absolute atomic E-state index is 11.3. The summed E-state index contributed by atoms with van der Waals surface area (Å²) < 4.78 is 0. The summed E-state index contributed by atoms with van der Waals surface area (Å²) in [7, 11) is 0. The second-order valence-corrected chi connectivity index (χ2v) is 5.92. The van der Waals surface area contributed by atoms with Crippen molar-refractivity contribution in [2.24, 2.45) is 5.73 Å². The van der Waals surface area contributed by atoms with E-state index in [9.17, 15) is 9.59 Å². The van der Waals surface area contributed by atoms with E-state index in [1.54, 1.807) is 6.92 Å². The Balaban J connectivity index is 2.08. The highest BCUT2D eigenvalue weighted by atomic mass is 32.2. The van der Waals surface area contributed by atoms with E-state index in [1.165, 1.54) is 17.8 Å². The number of aryl methyl sites for hydroxylation is 1. The fourth-order valence-electron chi connectivity index (χ4n) is 2.09. The van der Waals surface area contributed by atoms with Gasteiger partial charge in [0.25, 0.3) is 5.56 Å². The van der Waals surface area contributed by atoms with E-state index in [1.807, 2.05) is 0 Å². The number of aromatic amines is 1. The molecule has 2 atom stereocenters. The Bertz CT molecular complexity index is 531. The molecule has 7 heteroatoms. The van der Waals surface area contributed by atoms with Crippen LogP contribution in [0.15, 0.2) is 16.0 Å². The summed E-state index contributed by atoms with van der Waals surface area (Å²) >= 11 is 1.39. The molecule has 98 valence electrons. The third kappa shape index (κ3) is 2.73. The lowest BCUT2D eigenvalue weighted by atomic mass is 10.0. The molecule has 0 aromatic carbocycles. The SMILES string of the molecule is Cc1cc(=O)[nH]c(SC2CCC(N)(C(=O)O)C2)n1. The minimum Gasteiger partial charge on any atom is -0.480 e. The van der Waals surface area contributed by atoms with E-state index < -0.39 is 11.5 Å². The second kappa shape index (κ2) is 4.74. The molecule has 0 aliphatic heterocycles. The first-order chi connectivity index (χ1) is 8.39. The summed E-state index contributed by atoms with van der Waals surface area (Å²) in [6.07, 6.45) is 1.56. The van der Waals surface area contributed by atoms with E-state index in [-0.39, 0.29) is 10.8 Å². The quantitative estimate of drug-likeness (QED) is 0.690. The summed E-state index contributed by atoms with van der Waals surface area (Å²) in [6, 6.07) is 1.42. The zero-order valence-corrected chi connectivity index (χ0v) is 10.8. The summed E-state index contributed by atoms with van der Waals surface area (Å²) in [4.78, 5) is 29.2. The number of hydrogen-bond acceptors (Lipinski definition) is 5. The number of nitrogens with zero attached hydrogens (tertiary/aromatic N) is 1. The first-order valence-corrected chi connectivity index (χ1v) is 6.54. The molecular weight excluding hydrogens is 254 g/mol. The first-order valence-electron chi connectivity index (χ1n) is 5.66. The molecule has 2 rings (SSSR count). The lowest BCUT2D eigenvalue weighted by molar-refractivity contribution is -0.143. The van der Waals surface area contributed by atoms with Crippen LogP contribution in [-0.4, -0.2) is 31.8 Å². The Morgan fingerprint density at radius 3 is 3.00 bits per heavy atom. The van der Waals surface area contributed by atoms with E-state index in [0.29, 0.717) is 30.1 Å². The first kappa shape index (κ1) is 13.1. The van der Waals surface area contributed by atoms with Crippen molar-refractivity contribution in [3.63, 3.8) is 0 Å². The van der Waals surface area contributed by atoms with E-state index in [4.69, 9.17) is 10.8 Å². The molecule has 6 nitrogen and oxygen atoms in total. The van der Waals surface area contributed by atoms with Crippen LogP contribution in [0.2, 0.25) is 0 Å². The molecule has 1 aliphatic rings. The number of hydrogen-bond donors (Lipinski definition) is 3. The zero-order valence-electron chi connectivity index (χ0n) is 9.97. The van der Waals surface area contributed by atoms with E-state index in [0.717, 1.165) is 0 Å². The molecule has 0 radical (unpaired) electrons. The van der Waals surface area contributed by atoms with E-state index >= 15 is 0 Å². The van der Waals surface area contributed by atoms with Crippen molar-refractivity contribution < 1.29 is 9.90 Å². The smallest absolute Gasteiger partial charge is 0.323 e. The Labute approximate surface area is 108 Å². The fourth-order valence-corrected chi connectivity index (χ4v) is 3.38. The van der Waals surface area contributed by atoms with Crippen molar-refractivity contribution in [3.8, 4) is 0 Å². The number of H-pyrrole nitrogens is 1. The Morgan fingerprint density at radius 2 is 2.44 bits per heavy atom. The highest BCUT2D eigenvalue weighted by Gasteiger charge is 2.42. The van der Waals surface area contributed by atoms with Crippen molar-refractivity contribution >= 4 is 17.7 Å². The molecule has 0 saturated heterocycles. The standard InChI is InChI=1S/C11H15N3O3S/c1-6-4-8(15)14-10(13-6)18-7-2-3-11(12,5-7)9(16)17/h4,7H,2-3,5,12H2,1H3,(H,16,17)(H,13,14,15). The lowest BCUT2D eigenvalue weighted by Gasteiger charge is -2.17. The average Bonchev–Trinajstić information content (AvgIpc) is 2.60. The van der Waals surface area contributed by atoms with Gasteiger partial charge in [0.15, 0.2) is 5.16 Å². The van der Waals surface area contributed by atoms with Gasteiger partial charge in [0, 0.05) is 17.0 Å². The van der Waals surface area contributed by atoms with Crippen LogP contribution in [0.5, 0.6) is 0 Å². The Hall–Kier alpha value is -1.34. The molecule has 0 spiro atoms. The number of aromatic nitrogens is 2. The summed E-state index contributed by atoms with van der Waals surface area (Å²) in [5.41, 5.74) is 5.12. The molecule has 1 aromatic heterocycles.